The SMILES string of the molecule is O=Cc1cc(Oc2ccc([N+](=O)[O-])cc2)ccc1F. The van der Waals surface area contributed by atoms with Crippen LogP contribution in [0.3, 0.4) is 0 Å². The Labute approximate surface area is 107 Å². The maximum atomic E-state index is 13.1. The molecule has 96 valence electrons. The maximum absolute atomic E-state index is 13.1. The summed E-state index contributed by atoms with van der Waals surface area (Å²) in [6, 6.07) is 9.15. The first kappa shape index (κ1) is 12.7. The Morgan fingerprint density at radius 1 is 1.11 bits per heavy atom. The van der Waals surface area contributed by atoms with E-state index >= 15 is 0 Å². The van der Waals surface area contributed by atoms with Gasteiger partial charge in [-0.2, -0.15) is 0 Å². The van der Waals surface area contributed by atoms with Crippen molar-refractivity contribution < 1.29 is 18.8 Å². The normalized spacial score (nSPS) is 9.95. The first-order valence-electron chi connectivity index (χ1n) is 5.27. The Kier molecular flexibility index (Phi) is 3.51. The molecule has 0 amide bonds. The molecule has 19 heavy (non-hydrogen) atoms. The van der Waals surface area contributed by atoms with Crippen LogP contribution in [0.1, 0.15) is 10.4 Å². The Hall–Kier alpha value is -2.76. The number of carbonyl (C=O) groups excluding carboxylic acids is 1. The lowest BCUT2D eigenvalue weighted by Gasteiger charge is -2.06. The van der Waals surface area contributed by atoms with Crippen molar-refractivity contribution in [2.24, 2.45) is 0 Å². The van der Waals surface area contributed by atoms with Gasteiger partial charge in [-0.15, -0.1) is 0 Å². The van der Waals surface area contributed by atoms with Crippen LogP contribution in [0.25, 0.3) is 0 Å². The molecule has 0 aliphatic heterocycles. The molecule has 0 fully saturated rings. The number of nitro groups is 1. The number of ether oxygens (including phenoxy) is 1. The lowest BCUT2D eigenvalue weighted by atomic mass is 10.2. The third-order valence-corrected chi connectivity index (χ3v) is 2.38. The lowest BCUT2D eigenvalue weighted by Crippen LogP contribution is -1.91. The summed E-state index contributed by atoms with van der Waals surface area (Å²) < 4.78 is 18.5. The molecule has 0 unspecified atom stereocenters. The highest BCUT2D eigenvalue weighted by Gasteiger charge is 2.07. The number of carbonyl (C=O) groups is 1. The summed E-state index contributed by atoms with van der Waals surface area (Å²) >= 11 is 0. The van der Waals surface area contributed by atoms with Gasteiger partial charge in [-0.3, -0.25) is 14.9 Å². The molecule has 0 bridgehead atoms. The van der Waals surface area contributed by atoms with Crippen LogP contribution in [0, 0.1) is 15.9 Å². The molecule has 0 heterocycles. The maximum Gasteiger partial charge on any atom is 0.269 e. The predicted octanol–water partition coefficient (Wildman–Crippen LogP) is 3.34. The van der Waals surface area contributed by atoms with Crippen LogP contribution >= 0.6 is 0 Å². The molecule has 2 rings (SSSR count). The molecule has 0 radical (unpaired) electrons. The van der Waals surface area contributed by atoms with Crippen LogP contribution in [0.2, 0.25) is 0 Å². The van der Waals surface area contributed by atoms with E-state index in [0.29, 0.717) is 12.0 Å². The van der Waals surface area contributed by atoms with Gasteiger partial charge < -0.3 is 4.74 Å². The molecule has 0 saturated carbocycles. The van der Waals surface area contributed by atoms with Gasteiger partial charge in [0.05, 0.1) is 10.5 Å². The molecule has 0 atom stereocenters. The molecular formula is C13H8FNO4. The summed E-state index contributed by atoms with van der Waals surface area (Å²) in [5, 5.41) is 10.5. The summed E-state index contributed by atoms with van der Waals surface area (Å²) in [6.45, 7) is 0. The van der Waals surface area contributed by atoms with Crippen LogP contribution in [-0.4, -0.2) is 11.2 Å². The Bertz CT molecular complexity index is 625. The average molecular weight is 261 g/mol. The van der Waals surface area contributed by atoms with E-state index in [1.165, 1.54) is 36.4 Å². The predicted molar refractivity (Wildman–Crippen MR) is 65.0 cm³/mol. The second-order valence-corrected chi connectivity index (χ2v) is 3.65. The van der Waals surface area contributed by atoms with E-state index in [9.17, 15) is 19.3 Å². The van der Waals surface area contributed by atoms with Gasteiger partial charge in [0, 0.05) is 12.1 Å². The Morgan fingerprint density at radius 2 is 1.74 bits per heavy atom. The van der Waals surface area contributed by atoms with Crippen LogP contribution in [0.15, 0.2) is 42.5 Å². The number of benzene rings is 2. The molecule has 5 nitrogen and oxygen atoms in total. The highest BCUT2D eigenvalue weighted by atomic mass is 19.1. The molecular weight excluding hydrogens is 253 g/mol. The van der Waals surface area contributed by atoms with E-state index < -0.39 is 10.7 Å². The molecule has 0 N–H and O–H groups in total. The highest BCUT2D eigenvalue weighted by molar-refractivity contribution is 5.76. The number of halogens is 1. The molecule has 2 aromatic carbocycles. The molecule has 0 aliphatic rings. The first-order chi connectivity index (χ1) is 9.10. The van der Waals surface area contributed by atoms with Crippen LogP contribution in [0.4, 0.5) is 10.1 Å². The van der Waals surface area contributed by atoms with Crippen molar-refractivity contribution in [3.63, 3.8) is 0 Å². The number of aldehydes is 1. The molecule has 0 saturated heterocycles. The van der Waals surface area contributed by atoms with Gasteiger partial charge >= 0.3 is 0 Å². The summed E-state index contributed by atoms with van der Waals surface area (Å²) in [5.74, 6) is -0.00235. The zero-order valence-electron chi connectivity index (χ0n) is 9.58. The minimum atomic E-state index is -0.633. The summed E-state index contributed by atoms with van der Waals surface area (Å²) in [7, 11) is 0. The zero-order valence-corrected chi connectivity index (χ0v) is 9.58. The van der Waals surface area contributed by atoms with Gasteiger partial charge in [0.2, 0.25) is 0 Å². The van der Waals surface area contributed by atoms with Gasteiger partial charge in [0.1, 0.15) is 17.3 Å². The fourth-order valence-corrected chi connectivity index (χ4v) is 1.45. The molecule has 6 heteroatoms. The van der Waals surface area contributed by atoms with E-state index in [0.717, 1.165) is 6.07 Å². The van der Waals surface area contributed by atoms with Crippen molar-refractivity contribution in [3.05, 3.63) is 64.0 Å². The number of rotatable bonds is 4. The van der Waals surface area contributed by atoms with E-state index in [2.05, 4.69) is 0 Å². The largest absolute Gasteiger partial charge is 0.457 e. The highest BCUT2D eigenvalue weighted by Crippen LogP contribution is 2.25. The zero-order chi connectivity index (χ0) is 13.8. The molecule has 0 spiro atoms. The molecule has 2 aromatic rings. The van der Waals surface area contributed by atoms with Gasteiger partial charge in [-0.05, 0) is 30.3 Å². The van der Waals surface area contributed by atoms with Crippen LogP contribution < -0.4 is 4.74 Å². The van der Waals surface area contributed by atoms with Gasteiger partial charge in [0.15, 0.2) is 6.29 Å². The van der Waals surface area contributed by atoms with Crippen molar-refractivity contribution in [2.75, 3.05) is 0 Å². The minimum absolute atomic E-state index is 0.0555. The monoisotopic (exact) mass is 261 g/mol. The quantitative estimate of drug-likeness (QED) is 0.480. The van der Waals surface area contributed by atoms with E-state index in [-0.39, 0.29) is 17.0 Å². The van der Waals surface area contributed by atoms with E-state index in [1.54, 1.807) is 0 Å². The van der Waals surface area contributed by atoms with Crippen molar-refractivity contribution >= 4 is 12.0 Å². The minimum Gasteiger partial charge on any atom is -0.457 e. The van der Waals surface area contributed by atoms with E-state index in [1.807, 2.05) is 0 Å². The smallest absolute Gasteiger partial charge is 0.269 e. The fourth-order valence-electron chi connectivity index (χ4n) is 1.45. The number of non-ortho nitro benzene ring substituents is 1. The third-order valence-electron chi connectivity index (χ3n) is 2.38. The van der Waals surface area contributed by atoms with Crippen molar-refractivity contribution in [2.45, 2.75) is 0 Å². The number of hydrogen-bond acceptors (Lipinski definition) is 4. The van der Waals surface area contributed by atoms with Crippen LogP contribution in [-0.2, 0) is 0 Å². The standard InChI is InChI=1S/C13H8FNO4/c14-13-6-5-12(7-9(13)8-16)19-11-3-1-10(2-4-11)15(17)18/h1-8H. The first-order valence-corrected chi connectivity index (χ1v) is 5.27. The van der Waals surface area contributed by atoms with Crippen molar-refractivity contribution in [3.8, 4) is 11.5 Å². The number of hydrogen-bond donors (Lipinski definition) is 0. The number of nitrogens with zero attached hydrogens (tertiary/aromatic N) is 1. The molecule has 0 aliphatic carbocycles. The Morgan fingerprint density at radius 3 is 2.32 bits per heavy atom. The van der Waals surface area contributed by atoms with Gasteiger partial charge in [-0.25, -0.2) is 4.39 Å². The van der Waals surface area contributed by atoms with Gasteiger partial charge in [-0.1, -0.05) is 0 Å². The molecule has 0 aromatic heterocycles. The summed E-state index contributed by atoms with van der Waals surface area (Å²) in [4.78, 5) is 20.5. The van der Waals surface area contributed by atoms with E-state index in [4.69, 9.17) is 4.74 Å². The third kappa shape index (κ3) is 2.92. The average Bonchev–Trinajstić information content (AvgIpc) is 2.41. The van der Waals surface area contributed by atoms with Crippen molar-refractivity contribution in [1.82, 2.24) is 0 Å². The Balaban J connectivity index is 2.21. The summed E-state index contributed by atoms with van der Waals surface area (Å²) in [6.07, 6.45) is 0.387. The summed E-state index contributed by atoms with van der Waals surface area (Å²) in [5.41, 5.74) is -0.167. The topological polar surface area (TPSA) is 69.4 Å². The fraction of sp³-hybridized carbons (Fsp3) is 0. The second-order valence-electron chi connectivity index (χ2n) is 3.65. The van der Waals surface area contributed by atoms with Crippen molar-refractivity contribution in [1.29, 1.82) is 0 Å². The van der Waals surface area contributed by atoms with Gasteiger partial charge in [0.25, 0.3) is 5.69 Å². The lowest BCUT2D eigenvalue weighted by molar-refractivity contribution is -0.384. The number of nitro benzene ring substituents is 1. The van der Waals surface area contributed by atoms with Crippen LogP contribution in [0.5, 0.6) is 11.5 Å². The second kappa shape index (κ2) is 5.26.